The van der Waals surface area contributed by atoms with Crippen molar-refractivity contribution in [2.75, 3.05) is 18.6 Å². The standard InChI is InChI=1S/C12H23N3S3/c1-5-7-13-10(9(3)6-2)8-17-12-15-14-11(16-4)18-12/h9-10,13H,5-8H2,1-4H3. The summed E-state index contributed by atoms with van der Waals surface area (Å²) >= 11 is 5.19. The van der Waals surface area contributed by atoms with Crippen molar-refractivity contribution in [3.05, 3.63) is 0 Å². The Hall–Kier alpha value is 0.220. The summed E-state index contributed by atoms with van der Waals surface area (Å²) < 4.78 is 2.14. The summed E-state index contributed by atoms with van der Waals surface area (Å²) in [6, 6.07) is 0.571. The van der Waals surface area contributed by atoms with E-state index in [0.29, 0.717) is 12.0 Å². The Kier molecular flexibility index (Phi) is 8.30. The molecule has 1 aromatic heterocycles. The summed E-state index contributed by atoms with van der Waals surface area (Å²) in [6.45, 7) is 7.89. The van der Waals surface area contributed by atoms with Crippen LogP contribution in [0.2, 0.25) is 0 Å². The van der Waals surface area contributed by atoms with E-state index in [1.165, 1.54) is 12.8 Å². The van der Waals surface area contributed by atoms with Gasteiger partial charge < -0.3 is 5.32 Å². The second kappa shape index (κ2) is 9.18. The topological polar surface area (TPSA) is 37.8 Å². The van der Waals surface area contributed by atoms with E-state index in [4.69, 9.17) is 0 Å². The Balaban J connectivity index is 2.44. The van der Waals surface area contributed by atoms with Crippen LogP contribution in [0.3, 0.4) is 0 Å². The third kappa shape index (κ3) is 5.47. The zero-order valence-electron chi connectivity index (χ0n) is 11.6. The molecule has 0 aliphatic heterocycles. The summed E-state index contributed by atoms with van der Waals surface area (Å²) in [5.41, 5.74) is 0. The maximum atomic E-state index is 4.21. The van der Waals surface area contributed by atoms with Crippen LogP contribution in [0.4, 0.5) is 0 Å². The maximum absolute atomic E-state index is 4.21. The monoisotopic (exact) mass is 305 g/mol. The second-order valence-electron chi connectivity index (χ2n) is 4.30. The number of hydrogen-bond donors (Lipinski definition) is 1. The maximum Gasteiger partial charge on any atom is 0.175 e. The third-order valence-electron chi connectivity index (χ3n) is 2.94. The first-order chi connectivity index (χ1) is 8.71. The van der Waals surface area contributed by atoms with Gasteiger partial charge in [0.25, 0.3) is 0 Å². The molecule has 104 valence electrons. The molecule has 2 unspecified atom stereocenters. The minimum absolute atomic E-state index is 0.571. The lowest BCUT2D eigenvalue weighted by Crippen LogP contribution is -2.37. The largest absolute Gasteiger partial charge is 0.313 e. The molecular weight excluding hydrogens is 282 g/mol. The molecular formula is C12H23N3S3. The van der Waals surface area contributed by atoms with Crippen molar-refractivity contribution < 1.29 is 0 Å². The molecule has 0 radical (unpaired) electrons. The number of rotatable bonds is 9. The molecule has 0 aliphatic carbocycles. The summed E-state index contributed by atoms with van der Waals surface area (Å²) in [6.07, 6.45) is 4.45. The van der Waals surface area contributed by atoms with Gasteiger partial charge in [0.2, 0.25) is 0 Å². The zero-order valence-corrected chi connectivity index (χ0v) is 14.1. The number of aromatic nitrogens is 2. The van der Waals surface area contributed by atoms with Crippen LogP contribution in [0.1, 0.15) is 33.6 Å². The minimum atomic E-state index is 0.571. The first-order valence-corrected chi connectivity index (χ1v) is 9.47. The van der Waals surface area contributed by atoms with E-state index in [-0.39, 0.29) is 0 Å². The predicted molar refractivity (Wildman–Crippen MR) is 84.0 cm³/mol. The van der Waals surface area contributed by atoms with E-state index in [2.05, 4.69) is 36.3 Å². The Morgan fingerprint density at radius 1 is 1.28 bits per heavy atom. The molecule has 3 nitrogen and oxygen atoms in total. The van der Waals surface area contributed by atoms with Crippen molar-refractivity contribution in [3.8, 4) is 0 Å². The molecule has 0 spiro atoms. The van der Waals surface area contributed by atoms with Crippen LogP contribution in [0, 0.1) is 5.92 Å². The van der Waals surface area contributed by atoms with Crippen LogP contribution >= 0.6 is 34.9 Å². The Bertz CT molecular complexity index is 330. The molecule has 0 saturated heterocycles. The van der Waals surface area contributed by atoms with Gasteiger partial charge in [0.15, 0.2) is 8.68 Å². The smallest absolute Gasteiger partial charge is 0.175 e. The highest BCUT2D eigenvalue weighted by Gasteiger charge is 2.16. The lowest BCUT2D eigenvalue weighted by Gasteiger charge is -2.23. The number of thioether (sulfide) groups is 2. The number of hydrogen-bond acceptors (Lipinski definition) is 6. The fourth-order valence-corrected chi connectivity index (χ4v) is 4.24. The summed E-state index contributed by atoms with van der Waals surface area (Å²) in [4.78, 5) is 0. The highest BCUT2D eigenvalue weighted by Crippen LogP contribution is 2.28. The van der Waals surface area contributed by atoms with Gasteiger partial charge >= 0.3 is 0 Å². The highest BCUT2D eigenvalue weighted by atomic mass is 32.2. The highest BCUT2D eigenvalue weighted by molar-refractivity contribution is 8.03. The van der Waals surface area contributed by atoms with Crippen LogP contribution in [-0.4, -0.2) is 34.8 Å². The molecule has 1 rings (SSSR count). The molecule has 1 aromatic rings. The van der Waals surface area contributed by atoms with Crippen LogP contribution in [0.25, 0.3) is 0 Å². The molecule has 1 N–H and O–H groups in total. The quantitative estimate of drug-likeness (QED) is 0.703. The van der Waals surface area contributed by atoms with Crippen molar-refractivity contribution >= 4 is 34.9 Å². The molecule has 0 aromatic carbocycles. The van der Waals surface area contributed by atoms with E-state index >= 15 is 0 Å². The van der Waals surface area contributed by atoms with E-state index < -0.39 is 0 Å². The summed E-state index contributed by atoms with van der Waals surface area (Å²) in [7, 11) is 0. The number of nitrogens with one attached hydrogen (secondary N) is 1. The van der Waals surface area contributed by atoms with Gasteiger partial charge in [0, 0.05) is 11.8 Å². The number of nitrogens with zero attached hydrogens (tertiary/aromatic N) is 2. The fourth-order valence-electron chi connectivity index (χ4n) is 1.54. The van der Waals surface area contributed by atoms with Gasteiger partial charge in [-0.25, -0.2) is 0 Å². The van der Waals surface area contributed by atoms with E-state index in [1.54, 1.807) is 23.1 Å². The fraction of sp³-hybridized carbons (Fsp3) is 0.833. The molecule has 6 heteroatoms. The van der Waals surface area contributed by atoms with E-state index in [0.717, 1.165) is 21.0 Å². The lowest BCUT2D eigenvalue weighted by atomic mass is 10.0. The molecule has 1 heterocycles. The Morgan fingerprint density at radius 2 is 2.00 bits per heavy atom. The summed E-state index contributed by atoms with van der Waals surface area (Å²) in [5.74, 6) is 1.79. The van der Waals surface area contributed by atoms with Crippen LogP contribution in [0.5, 0.6) is 0 Å². The first-order valence-electron chi connectivity index (χ1n) is 6.44. The van der Waals surface area contributed by atoms with E-state index in [9.17, 15) is 0 Å². The van der Waals surface area contributed by atoms with E-state index in [1.807, 2.05) is 18.0 Å². The van der Waals surface area contributed by atoms with Crippen molar-refractivity contribution in [2.45, 2.75) is 48.3 Å². The lowest BCUT2D eigenvalue weighted by molar-refractivity contribution is 0.397. The van der Waals surface area contributed by atoms with Crippen LogP contribution in [-0.2, 0) is 0 Å². The van der Waals surface area contributed by atoms with Crippen molar-refractivity contribution in [1.29, 1.82) is 0 Å². The predicted octanol–water partition coefficient (Wildman–Crippen LogP) is 3.77. The van der Waals surface area contributed by atoms with Crippen molar-refractivity contribution in [3.63, 3.8) is 0 Å². The van der Waals surface area contributed by atoms with Gasteiger partial charge in [-0.15, -0.1) is 10.2 Å². The van der Waals surface area contributed by atoms with Gasteiger partial charge in [0.05, 0.1) is 0 Å². The Labute approximate surface area is 123 Å². The molecule has 0 amide bonds. The molecule has 2 atom stereocenters. The first kappa shape index (κ1) is 16.3. The van der Waals surface area contributed by atoms with Crippen molar-refractivity contribution in [1.82, 2.24) is 15.5 Å². The minimum Gasteiger partial charge on any atom is -0.313 e. The van der Waals surface area contributed by atoms with Crippen molar-refractivity contribution in [2.24, 2.45) is 5.92 Å². The third-order valence-corrected chi connectivity index (χ3v) is 6.09. The molecule has 0 bridgehead atoms. The molecule has 0 saturated carbocycles. The SMILES string of the molecule is CCCNC(CSc1nnc(SC)s1)C(C)CC. The van der Waals surface area contributed by atoms with Gasteiger partial charge in [0.1, 0.15) is 0 Å². The van der Waals surface area contributed by atoms with Crippen LogP contribution < -0.4 is 5.32 Å². The van der Waals surface area contributed by atoms with Crippen LogP contribution in [0.15, 0.2) is 8.68 Å². The average molecular weight is 306 g/mol. The summed E-state index contributed by atoms with van der Waals surface area (Å²) in [5, 5.41) is 12.0. The molecule has 0 aliphatic rings. The molecule has 0 fully saturated rings. The normalized spacial score (nSPS) is 14.7. The van der Waals surface area contributed by atoms with Gasteiger partial charge in [-0.05, 0) is 25.1 Å². The van der Waals surface area contributed by atoms with Gasteiger partial charge in [-0.1, -0.05) is 62.1 Å². The second-order valence-corrected chi connectivity index (χ2v) is 7.59. The molecule has 18 heavy (non-hydrogen) atoms. The Morgan fingerprint density at radius 3 is 2.56 bits per heavy atom. The van der Waals surface area contributed by atoms with Gasteiger partial charge in [-0.2, -0.15) is 0 Å². The zero-order chi connectivity index (χ0) is 13.4. The van der Waals surface area contributed by atoms with Gasteiger partial charge in [-0.3, -0.25) is 0 Å². The average Bonchev–Trinajstić information content (AvgIpc) is 2.86.